The van der Waals surface area contributed by atoms with Gasteiger partial charge in [-0.3, -0.25) is 0 Å². The molecule has 0 N–H and O–H groups in total. The zero-order valence-corrected chi connectivity index (χ0v) is 8.97. The van der Waals surface area contributed by atoms with E-state index >= 15 is 0 Å². The highest BCUT2D eigenvalue weighted by Gasteiger charge is 2.43. The molecule has 1 aliphatic rings. The Bertz CT molecular complexity index is 173. The van der Waals surface area contributed by atoms with E-state index in [4.69, 9.17) is 9.47 Å². The summed E-state index contributed by atoms with van der Waals surface area (Å²) in [5, 5.41) is 0. The van der Waals surface area contributed by atoms with Crippen molar-refractivity contribution in [1.29, 1.82) is 0 Å². The first-order valence-corrected chi connectivity index (χ1v) is 4.62. The Hall–Kier alpha value is -0.0800. The summed E-state index contributed by atoms with van der Waals surface area (Å²) in [6.45, 7) is 12.5. The minimum Gasteiger partial charge on any atom is -0.347 e. The largest absolute Gasteiger partial charge is 0.347 e. The van der Waals surface area contributed by atoms with Gasteiger partial charge in [0, 0.05) is 5.92 Å². The van der Waals surface area contributed by atoms with Crippen LogP contribution in [0.15, 0.2) is 0 Å². The molecule has 2 atom stereocenters. The SMILES string of the molecule is CC1OC(C)(C)OC(C)(C)C1C. The minimum absolute atomic E-state index is 0.0822. The van der Waals surface area contributed by atoms with Gasteiger partial charge in [-0.15, -0.1) is 0 Å². The Balaban J connectivity index is 2.80. The van der Waals surface area contributed by atoms with Gasteiger partial charge >= 0.3 is 0 Å². The molecule has 0 aromatic heterocycles. The van der Waals surface area contributed by atoms with Crippen molar-refractivity contribution in [2.45, 2.75) is 59.0 Å². The van der Waals surface area contributed by atoms with Gasteiger partial charge in [0.25, 0.3) is 0 Å². The van der Waals surface area contributed by atoms with Crippen LogP contribution in [0.3, 0.4) is 0 Å². The Labute approximate surface area is 75.2 Å². The predicted octanol–water partition coefficient (Wildman–Crippen LogP) is 2.57. The Morgan fingerprint density at radius 2 is 1.50 bits per heavy atom. The molecule has 0 aliphatic carbocycles. The predicted molar refractivity (Wildman–Crippen MR) is 49.0 cm³/mol. The molecule has 12 heavy (non-hydrogen) atoms. The molecule has 1 saturated heterocycles. The van der Waals surface area contributed by atoms with Gasteiger partial charge in [-0.1, -0.05) is 6.92 Å². The number of hydrogen-bond acceptors (Lipinski definition) is 2. The van der Waals surface area contributed by atoms with Crippen LogP contribution in [0.5, 0.6) is 0 Å². The normalized spacial score (nSPS) is 39.5. The molecule has 2 nitrogen and oxygen atoms in total. The second-order valence-electron chi connectivity index (χ2n) is 4.72. The third kappa shape index (κ3) is 1.80. The van der Waals surface area contributed by atoms with Crippen molar-refractivity contribution in [2.75, 3.05) is 0 Å². The Morgan fingerprint density at radius 3 is 1.92 bits per heavy atom. The van der Waals surface area contributed by atoms with Crippen LogP contribution in [0.2, 0.25) is 0 Å². The van der Waals surface area contributed by atoms with Crippen LogP contribution in [0.25, 0.3) is 0 Å². The number of ether oxygens (including phenoxy) is 2. The van der Waals surface area contributed by atoms with E-state index in [0.29, 0.717) is 5.92 Å². The van der Waals surface area contributed by atoms with E-state index in [2.05, 4.69) is 27.7 Å². The van der Waals surface area contributed by atoms with Crippen LogP contribution in [-0.2, 0) is 9.47 Å². The highest BCUT2D eigenvalue weighted by molar-refractivity contribution is 4.86. The smallest absolute Gasteiger partial charge is 0.163 e. The van der Waals surface area contributed by atoms with Gasteiger partial charge in [0.1, 0.15) is 0 Å². The van der Waals surface area contributed by atoms with Gasteiger partial charge in [-0.2, -0.15) is 0 Å². The van der Waals surface area contributed by atoms with Crippen molar-refractivity contribution in [3.05, 3.63) is 0 Å². The van der Waals surface area contributed by atoms with Crippen molar-refractivity contribution in [1.82, 2.24) is 0 Å². The van der Waals surface area contributed by atoms with Gasteiger partial charge < -0.3 is 9.47 Å². The zero-order valence-electron chi connectivity index (χ0n) is 8.97. The molecule has 72 valence electrons. The lowest BCUT2D eigenvalue weighted by Gasteiger charge is -2.48. The highest BCUT2D eigenvalue weighted by atomic mass is 16.7. The summed E-state index contributed by atoms with van der Waals surface area (Å²) in [5.74, 6) is 0.000579. The van der Waals surface area contributed by atoms with E-state index in [1.807, 2.05) is 13.8 Å². The van der Waals surface area contributed by atoms with Crippen LogP contribution < -0.4 is 0 Å². The second-order valence-corrected chi connectivity index (χ2v) is 4.72. The first kappa shape index (κ1) is 10.0. The van der Waals surface area contributed by atoms with Crippen molar-refractivity contribution in [3.8, 4) is 0 Å². The second kappa shape index (κ2) is 2.71. The fourth-order valence-corrected chi connectivity index (χ4v) is 1.87. The summed E-state index contributed by atoms with van der Waals surface area (Å²) in [4.78, 5) is 0. The minimum atomic E-state index is -0.435. The van der Waals surface area contributed by atoms with E-state index in [0.717, 1.165) is 0 Å². The Morgan fingerprint density at radius 1 is 1.00 bits per heavy atom. The van der Waals surface area contributed by atoms with Crippen LogP contribution in [0.1, 0.15) is 41.5 Å². The monoisotopic (exact) mass is 172 g/mol. The van der Waals surface area contributed by atoms with E-state index in [1.165, 1.54) is 0 Å². The summed E-state index contributed by atoms with van der Waals surface area (Å²) in [5.41, 5.74) is -0.0822. The lowest BCUT2D eigenvalue weighted by Crippen LogP contribution is -2.54. The third-order valence-electron chi connectivity index (χ3n) is 2.78. The molecule has 0 bridgehead atoms. The maximum absolute atomic E-state index is 5.82. The first-order valence-electron chi connectivity index (χ1n) is 4.62. The van der Waals surface area contributed by atoms with Crippen molar-refractivity contribution in [2.24, 2.45) is 5.92 Å². The molecule has 0 aromatic carbocycles. The fourth-order valence-electron chi connectivity index (χ4n) is 1.87. The van der Waals surface area contributed by atoms with Crippen LogP contribution in [0, 0.1) is 5.92 Å². The van der Waals surface area contributed by atoms with Crippen LogP contribution in [0.4, 0.5) is 0 Å². The van der Waals surface area contributed by atoms with E-state index in [1.54, 1.807) is 0 Å². The fraction of sp³-hybridized carbons (Fsp3) is 1.00. The molecule has 0 saturated carbocycles. The number of hydrogen-bond donors (Lipinski definition) is 0. The molecule has 0 radical (unpaired) electrons. The summed E-state index contributed by atoms with van der Waals surface area (Å²) in [7, 11) is 0. The van der Waals surface area contributed by atoms with Crippen molar-refractivity contribution < 1.29 is 9.47 Å². The molecule has 1 heterocycles. The summed E-state index contributed by atoms with van der Waals surface area (Å²) < 4.78 is 11.5. The maximum atomic E-state index is 5.82. The lowest BCUT2D eigenvalue weighted by molar-refractivity contribution is -0.342. The molecular formula is C10H20O2. The molecular weight excluding hydrogens is 152 g/mol. The van der Waals surface area contributed by atoms with Crippen LogP contribution >= 0.6 is 0 Å². The molecule has 1 rings (SSSR count). The van der Waals surface area contributed by atoms with Crippen molar-refractivity contribution in [3.63, 3.8) is 0 Å². The zero-order chi connectivity index (χ0) is 9.57. The van der Waals surface area contributed by atoms with Crippen LogP contribution in [-0.4, -0.2) is 17.5 Å². The van der Waals surface area contributed by atoms with E-state index in [-0.39, 0.29) is 11.7 Å². The highest BCUT2D eigenvalue weighted by Crippen LogP contribution is 2.37. The van der Waals surface area contributed by atoms with E-state index < -0.39 is 5.79 Å². The van der Waals surface area contributed by atoms with Crippen molar-refractivity contribution >= 4 is 0 Å². The molecule has 1 fully saturated rings. The lowest BCUT2D eigenvalue weighted by atomic mass is 9.86. The topological polar surface area (TPSA) is 18.5 Å². The third-order valence-corrected chi connectivity index (χ3v) is 2.78. The summed E-state index contributed by atoms with van der Waals surface area (Å²) in [6.07, 6.45) is 0.267. The van der Waals surface area contributed by atoms with Gasteiger partial charge in [0.2, 0.25) is 0 Å². The quantitative estimate of drug-likeness (QED) is 0.559. The van der Waals surface area contributed by atoms with Gasteiger partial charge in [0.15, 0.2) is 5.79 Å². The average Bonchev–Trinajstić information content (AvgIpc) is 1.79. The molecule has 0 spiro atoms. The molecule has 0 aromatic rings. The standard InChI is InChI=1S/C10H20O2/c1-7-8(2)11-10(5,6)12-9(7,3)4/h7-8H,1-6H3. The molecule has 2 heteroatoms. The van der Waals surface area contributed by atoms with Gasteiger partial charge in [0.05, 0.1) is 11.7 Å². The maximum Gasteiger partial charge on any atom is 0.163 e. The first-order chi connectivity index (χ1) is 5.25. The summed E-state index contributed by atoms with van der Waals surface area (Å²) >= 11 is 0. The average molecular weight is 172 g/mol. The number of rotatable bonds is 0. The summed E-state index contributed by atoms with van der Waals surface area (Å²) in [6, 6.07) is 0. The Kier molecular flexibility index (Phi) is 2.26. The van der Waals surface area contributed by atoms with E-state index in [9.17, 15) is 0 Å². The molecule has 2 unspecified atom stereocenters. The molecule has 0 amide bonds. The van der Waals surface area contributed by atoms with Gasteiger partial charge in [-0.25, -0.2) is 0 Å². The van der Waals surface area contributed by atoms with Gasteiger partial charge in [-0.05, 0) is 34.6 Å². The molecule has 1 aliphatic heterocycles.